The van der Waals surface area contributed by atoms with Crippen LogP contribution in [0.3, 0.4) is 0 Å². The van der Waals surface area contributed by atoms with Crippen molar-refractivity contribution in [2.45, 2.75) is 0 Å². The molecule has 12 aromatic carbocycles. The summed E-state index contributed by atoms with van der Waals surface area (Å²) in [5, 5.41) is 33.4. The SMILES string of the molecule is O=C([O-])[O-].[K+].[K+].c1ccc(P(c2ccccc2)c2ccccc2)cc1.c1ccc(P(c2ccccc2)c2ccccc2)cc1.c1ccc(P(c2ccccc2)c2ccccc2)cc1.c1ccc(P(c2ccccc2)c2ccccc2)cc1. The first-order valence-corrected chi connectivity index (χ1v) is 31.6. The molecule has 0 aliphatic rings. The Morgan fingerprint density at radius 3 is 0.293 bits per heavy atom. The molecule has 392 valence electrons. The van der Waals surface area contributed by atoms with Gasteiger partial charge in [0.1, 0.15) is 0 Å². The summed E-state index contributed by atoms with van der Waals surface area (Å²) in [6.45, 7) is 0. The molecule has 9 heteroatoms. The number of benzene rings is 12. The van der Waals surface area contributed by atoms with Gasteiger partial charge in [-0.2, -0.15) is 0 Å². The minimum absolute atomic E-state index is 0. The van der Waals surface area contributed by atoms with E-state index in [9.17, 15) is 0 Å². The molecule has 0 unspecified atom stereocenters. The number of carbonyl (C=O) groups excluding carboxylic acids is 1. The van der Waals surface area contributed by atoms with E-state index in [-0.39, 0.29) is 103 Å². The molecule has 0 radical (unpaired) electrons. The van der Waals surface area contributed by atoms with Crippen molar-refractivity contribution in [2.75, 3.05) is 0 Å². The van der Waals surface area contributed by atoms with Gasteiger partial charge in [0.25, 0.3) is 0 Å². The average molecular weight is 1190 g/mol. The molecule has 12 aromatic rings. The predicted octanol–water partition coefficient (Wildman–Crippen LogP) is 5.34. The molecule has 0 amide bonds. The van der Waals surface area contributed by atoms with Crippen molar-refractivity contribution >= 4 is 101 Å². The number of hydrogen-bond donors (Lipinski definition) is 0. The van der Waals surface area contributed by atoms with Crippen LogP contribution in [0.4, 0.5) is 4.79 Å². The van der Waals surface area contributed by atoms with Crippen LogP contribution in [0.25, 0.3) is 0 Å². The summed E-state index contributed by atoms with van der Waals surface area (Å²) >= 11 is 0. The third-order valence-corrected chi connectivity index (χ3v) is 21.9. The molecule has 0 atom stereocenters. The van der Waals surface area contributed by atoms with Gasteiger partial charge in [-0.05, 0) is 101 Å². The fourth-order valence-corrected chi connectivity index (χ4v) is 17.9. The normalized spacial score (nSPS) is 10.1. The molecule has 0 aliphatic heterocycles. The molecule has 0 bridgehead atoms. The minimum Gasteiger partial charge on any atom is -0.652 e. The quantitative estimate of drug-likeness (QED) is 0.123. The van der Waals surface area contributed by atoms with Crippen molar-refractivity contribution < 1.29 is 118 Å². The molecule has 0 heterocycles. The fourth-order valence-electron chi connectivity index (χ4n) is 8.71. The molecule has 0 aliphatic carbocycles. The monoisotopic (exact) mass is 1190 g/mol. The van der Waals surface area contributed by atoms with Crippen molar-refractivity contribution in [3.63, 3.8) is 0 Å². The Balaban J connectivity index is 0.000000170. The van der Waals surface area contributed by atoms with E-state index >= 15 is 0 Å². The van der Waals surface area contributed by atoms with Crippen LogP contribution in [-0.4, -0.2) is 6.16 Å². The summed E-state index contributed by atoms with van der Waals surface area (Å²) in [5.74, 6) is 0. The molecule has 12 rings (SSSR count). The van der Waals surface area contributed by atoms with Crippen LogP contribution in [-0.2, 0) is 0 Å². The average Bonchev–Trinajstić information content (AvgIpc) is 3.64. The zero-order valence-electron chi connectivity index (χ0n) is 46.2. The standard InChI is InChI=1S/4C18H15P.CH2O3.2K/c4*1-4-10-16(11-5-1)19(17-12-6-2-7-13-17)18-14-8-3-9-15-18;2-1(3)4;;/h4*1-15H;(H2,2,3,4);;/q;;;;;2*+1/p-2. The minimum atomic E-state index is -2.33. The van der Waals surface area contributed by atoms with Gasteiger partial charge in [0, 0.05) is 0 Å². The van der Waals surface area contributed by atoms with E-state index in [1.165, 1.54) is 63.7 Å². The molecule has 82 heavy (non-hydrogen) atoms. The van der Waals surface area contributed by atoms with E-state index in [1.807, 2.05) is 0 Å². The zero-order chi connectivity index (χ0) is 55.2. The van der Waals surface area contributed by atoms with Crippen molar-refractivity contribution in [1.82, 2.24) is 0 Å². The Morgan fingerprint density at radius 2 is 0.232 bits per heavy atom. The van der Waals surface area contributed by atoms with Gasteiger partial charge in [-0.3, -0.25) is 0 Å². The summed E-state index contributed by atoms with van der Waals surface area (Å²) in [6, 6.07) is 129. The molecule has 3 nitrogen and oxygen atoms in total. The van der Waals surface area contributed by atoms with Crippen molar-refractivity contribution in [3.05, 3.63) is 364 Å². The topological polar surface area (TPSA) is 63.2 Å². The van der Waals surface area contributed by atoms with Crippen molar-refractivity contribution in [3.8, 4) is 0 Å². The fraction of sp³-hybridized carbons (Fsp3) is 0. The second kappa shape index (κ2) is 38.0. The Hall–Kier alpha value is -5.10. The first-order valence-electron chi connectivity index (χ1n) is 26.2. The van der Waals surface area contributed by atoms with Crippen molar-refractivity contribution in [1.29, 1.82) is 0 Å². The van der Waals surface area contributed by atoms with E-state index < -0.39 is 37.8 Å². The van der Waals surface area contributed by atoms with E-state index in [2.05, 4.69) is 364 Å². The van der Waals surface area contributed by atoms with Gasteiger partial charge in [0.15, 0.2) is 0 Å². The second-order valence-corrected chi connectivity index (χ2v) is 26.5. The Labute approximate surface area is 575 Å². The Morgan fingerprint density at radius 1 is 0.171 bits per heavy atom. The molecule has 0 aromatic heterocycles. The smallest absolute Gasteiger partial charge is 0.652 e. The summed E-state index contributed by atoms with van der Waals surface area (Å²) in [4.78, 5) is 8.33. The molecule has 0 N–H and O–H groups in total. The Bertz CT molecular complexity index is 2710. The Kier molecular flexibility index (Phi) is 30.6. The number of hydrogen-bond acceptors (Lipinski definition) is 3. The van der Waals surface area contributed by atoms with Crippen LogP contribution in [0.15, 0.2) is 364 Å². The van der Waals surface area contributed by atoms with E-state index in [0.717, 1.165) is 0 Å². The van der Waals surface area contributed by atoms with Gasteiger partial charge in [-0.15, -0.1) is 0 Å². The van der Waals surface area contributed by atoms with Crippen LogP contribution >= 0.6 is 31.7 Å². The van der Waals surface area contributed by atoms with Crippen LogP contribution < -0.4 is 177 Å². The largest absolute Gasteiger partial charge is 1.00 e. The van der Waals surface area contributed by atoms with Gasteiger partial charge in [-0.1, -0.05) is 364 Å². The van der Waals surface area contributed by atoms with Crippen LogP contribution in [0.2, 0.25) is 0 Å². The van der Waals surface area contributed by atoms with Crippen LogP contribution in [0.1, 0.15) is 0 Å². The van der Waals surface area contributed by atoms with E-state index in [0.29, 0.717) is 0 Å². The molecular weight excluding hydrogens is 1130 g/mol. The van der Waals surface area contributed by atoms with Gasteiger partial charge in [0.05, 0.1) is 0 Å². The number of carboxylic acid groups (broad SMARTS) is 2. The summed E-state index contributed by atoms with van der Waals surface area (Å²) in [5.41, 5.74) is 0. The molecule has 0 fully saturated rings. The van der Waals surface area contributed by atoms with E-state index in [1.54, 1.807) is 0 Å². The molecular formula is C73H60K2O3P4. The third kappa shape index (κ3) is 21.2. The second-order valence-electron chi connectivity index (χ2n) is 17.6. The van der Waals surface area contributed by atoms with Gasteiger partial charge in [-0.25, -0.2) is 0 Å². The number of carbonyl (C=O) groups is 1. The predicted molar refractivity (Wildman–Crippen MR) is 346 cm³/mol. The van der Waals surface area contributed by atoms with E-state index in [4.69, 9.17) is 15.0 Å². The van der Waals surface area contributed by atoms with Crippen molar-refractivity contribution in [2.24, 2.45) is 0 Å². The summed E-state index contributed by atoms with van der Waals surface area (Å²) in [7, 11) is -1.78. The molecule has 0 spiro atoms. The maximum atomic E-state index is 8.33. The summed E-state index contributed by atoms with van der Waals surface area (Å²) in [6.07, 6.45) is -2.33. The summed E-state index contributed by atoms with van der Waals surface area (Å²) < 4.78 is 0. The van der Waals surface area contributed by atoms with Gasteiger partial charge >= 0.3 is 103 Å². The maximum Gasteiger partial charge on any atom is 1.00 e. The van der Waals surface area contributed by atoms with Gasteiger partial charge < -0.3 is 15.0 Å². The molecule has 0 saturated heterocycles. The van der Waals surface area contributed by atoms with Gasteiger partial charge in [0.2, 0.25) is 0 Å². The van der Waals surface area contributed by atoms with Crippen LogP contribution in [0.5, 0.6) is 0 Å². The number of rotatable bonds is 12. The van der Waals surface area contributed by atoms with Crippen LogP contribution in [0, 0.1) is 0 Å². The first-order chi connectivity index (χ1) is 39.5. The third-order valence-electron chi connectivity index (χ3n) is 12.2. The maximum absolute atomic E-state index is 8.33. The first kappa shape index (κ1) is 66.0. The molecule has 0 saturated carbocycles. The zero-order valence-corrected chi connectivity index (χ0v) is 56.0.